The van der Waals surface area contributed by atoms with Crippen molar-refractivity contribution in [3.05, 3.63) is 36.5 Å². The van der Waals surface area contributed by atoms with Crippen molar-refractivity contribution in [2.75, 3.05) is 18.5 Å². The Labute approximate surface area is 212 Å². The van der Waals surface area contributed by atoms with Crippen LogP contribution in [0.1, 0.15) is 54.4 Å². The molecule has 0 spiro atoms. The summed E-state index contributed by atoms with van der Waals surface area (Å²) in [5, 5.41) is 21.8. The maximum absolute atomic E-state index is 10.1. The van der Waals surface area contributed by atoms with Crippen LogP contribution in [0.4, 0.5) is 5.95 Å². The number of aliphatic hydroxyl groups is 1. The van der Waals surface area contributed by atoms with Gasteiger partial charge in [0.15, 0.2) is 0 Å². The molecule has 0 amide bonds. The van der Waals surface area contributed by atoms with E-state index in [2.05, 4.69) is 74.6 Å². The smallest absolute Gasteiger partial charge is 0.223 e. The minimum absolute atomic E-state index is 0.0588. The van der Waals surface area contributed by atoms with Crippen LogP contribution in [0.25, 0.3) is 20.7 Å². The summed E-state index contributed by atoms with van der Waals surface area (Å²) in [6.07, 6.45) is 3.30. The topological polar surface area (TPSA) is 91.3 Å². The van der Waals surface area contributed by atoms with Gasteiger partial charge in [-0.1, -0.05) is 13.8 Å². The summed E-state index contributed by atoms with van der Waals surface area (Å²) in [5.74, 6) is 1.43. The van der Waals surface area contributed by atoms with Gasteiger partial charge in [-0.25, -0.2) is 9.97 Å². The molecule has 3 aromatic rings. The molecule has 7 nitrogen and oxygen atoms in total. The number of piperidine rings is 1. The fourth-order valence-electron chi connectivity index (χ4n) is 5.02. The Bertz CT molecular complexity index is 1130. The highest BCUT2D eigenvalue weighted by Crippen LogP contribution is 2.35. The average molecular weight is 498 g/mol. The molecule has 35 heavy (non-hydrogen) atoms. The molecule has 4 rings (SSSR count). The number of nitrogens with zero attached hydrogens (tertiary/aromatic N) is 2. The Morgan fingerprint density at radius 3 is 2.60 bits per heavy atom. The zero-order valence-electron chi connectivity index (χ0n) is 21.7. The van der Waals surface area contributed by atoms with Crippen molar-refractivity contribution in [3.63, 3.8) is 0 Å². The largest absolute Gasteiger partial charge is 0.491 e. The van der Waals surface area contributed by atoms with E-state index in [4.69, 9.17) is 9.72 Å². The molecule has 1 unspecified atom stereocenters. The second-order valence-electron chi connectivity index (χ2n) is 11.2. The van der Waals surface area contributed by atoms with Gasteiger partial charge in [-0.2, -0.15) is 0 Å². The van der Waals surface area contributed by atoms with Crippen LogP contribution in [-0.4, -0.2) is 57.5 Å². The number of anilines is 1. The lowest BCUT2D eigenvalue weighted by Gasteiger charge is -2.46. The number of rotatable bonds is 9. The molecule has 0 radical (unpaired) electrons. The van der Waals surface area contributed by atoms with E-state index in [1.54, 1.807) is 11.3 Å². The highest BCUT2D eigenvalue weighted by molar-refractivity contribution is 7.22. The van der Waals surface area contributed by atoms with Gasteiger partial charge in [0, 0.05) is 40.6 Å². The van der Waals surface area contributed by atoms with Crippen LogP contribution in [-0.2, 0) is 0 Å². The first kappa shape index (κ1) is 25.8. The zero-order chi connectivity index (χ0) is 25.2. The number of fused-ring (bicyclic) bond motifs is 1. The number of benzene rings is 1. The minimum Gasteiger partial charge on any atom is -0.491 e. The number of ether oxygens (including phenoxy) is 1. The van der Waals surface area contributed by atoms with Gasteiger partial charge in [0.05, 0.1) is 10.6 Å². The van der Waals surface area contributed by atoms with E-state index in [1.165, 1.54) is 0 Å². The number of aliphatic hydroxyl groups excluding tert-OH is 1. The van der Waals surface area contributed by atoms with Gasteiger partial charge in [-0.15, -0.1) is 11.3 Å². The summed E-state index contributed by atoms with van der Waals surface area (Å²) in [4.78, 5) is 10.4. The molecule has 1 aliphatic rings. The summed E-state index contributed by atoms with van der Waals surface area (Å²) < 4.78 is 6.96. The van der Waals surface area contributed by atoms with E-state index in [9.17, 15) is 5.11 Å². The molecule has 1 saturated heterocycles. The van der Waals surface area contributed by atoms with Gasteiger partial charge >= 0.3 is 0 Å². The molecule has 8 heteroatoms. The fourth-order valence-corrected chi connectivity index (χ4v) is 6.08. The predicted molar refractivity (Wildman–Crippen MR) is 145 cm³/mol. The van der Waals surface area contributed by atoms with Gasteiger partial charge in [0.2, 0.25) is 5.95 Å². The molecule has 1 fully saturated rings. The van der Waals surface area contributed by atoms with E-state index in [1.807, 2.05) is 24.4 Å². The third kappa shape index (κ3) is 7.13. The molecule has 1 aliphatic heterocycles. The summed E-state index contributed by atoms with van der Waals surface area (Å²) in [7, 11) is 0. The fraction of sp³-hybridized carbons (Fsp3) is 0.556. The van der Waals surface area contributed by atoms with E-state index >= 15 is 0 Å². The zero-order valence-corrected chi connectivity index (χ0v) is 22.5. The first-order valence-corrected chi connectivity index (χ1v) is 13.3. The monoisotopic (exact) mass is 497 g/mol. The number of aromatic nitrogens is 2. The predicted octanol–water partition coefficient (Wildman–Crippen LogP) is 4.82. The van der Waals surface area contributed by atoms with Crippen molar-refractivity contribution in [2.45, 2.75) is 83.6 Å². The first-order chi connectivity index (χ1) is 16.5. The Balaban J connectivity index is 1.44. The number of thiophene rings is 1. The summed E-state index contributed by atoms with van der Waals surface area (Å²) >= 11 is 1.68. The molecule has 1 atom stereocenters. The van der Waals surface area contributed by atoms with Crippen LogP contribution in [0.5, 0.6) is 5.75 Å². The van der Waals surface area contributed by atoms with Crippen molar-refractivity contribution >= 4 is 27.4 Å². The van der Waals surface area contributed by atoms with Gasteiger partial charge in [-0.3, -0.25) is 0 Å². The molecule has 0 bridgehead atoms. The number of hydrogen-bond donors (Lipinski definition) is 4. The molecular formula is C27H39N5O2S. The third-order valence-corrected chi connectivity index (χ3v) is 7.25. The molecule has 3 heterocycles. The lowest BCUT2D eigenvalue weighted by molar-refractivity contribution is 0.105. The molecule has 4 N–H and O–H groups in total. The van der Waals surface area contributed by atoms with Crippen LogP contribution in [0.3, 0.4) is 0 Å². The molecule has 190 valence electrons. The Kier molecular flexibility index (Phi) is 7.66. The van der Waals surface area contributed by atoms with Crippen LogP contribution in [0, 0.1) is 0 Å². The van der Waals surface area contributed by atoms with Crippen molar-refractivity contribution in [3.8, 4) is 16.3 Å². The lowest BCUT2D eigenvalue weighted by Crippen LogP contribution is -2.60. The molecule has 2 aromatic heterocycles. The molecule has 0 aliphatic carbocycles. The number of hydrogen-bond acceptors (Lipinski definition) is 8. The van der Waals surface area contributed by atoms with Crippen LogP contribution in [0.2, 0.25) is 0 Å². The SMILES string of the molecule is CC(C)NCC(O)COc1ccc2cc(-c3ccnc(NC4CC(C)(C)NC(C)(C)C4)n3)sc2c1. The van der Waals surface area contributed by atoms with Crippen LogP contribution >= 0.6 is 11.3 Å². The highest BCUT2D eigenvalue weighted by atomic mass is 32.1. The Morgan fingerprint density at radius 2 is 1.89 bits per heavy atom. The van der Waals surface area contributed by atoms with Crippen molar-refractivity contribution in [1.29, 1.82) is 0 Å². The summed E-state index contributed by atoms with van der Waals surface area (Å²) in [6, 6.07) is 10.8. The number of nitrogens with one attached hydrogen (secondary N) is 3. The normalized spacial score (nSPS) is 18.6. The standard InChI is InChI=1S/C27H39N5O2S/c1-17(2)29-15-20(33)16-34-21-8-7-18-11-24(35-23(18)12-21)22-9-10-28-25(31-22)30-19-13-26(3,4)32-27(5,6)14-19/h7-12,17,19-20,29,32-33H,13-16H2,1-6H3,(H,28,30,31). The maximum Gasteiger partial charge on any atom is 0.223 e. The van der Waals surface area contributed by atoms with Crippen molar-refractivity contribution in [1.82, 2.24) is 20.6 Å². The van der Waals surface area contributed by atoms with Crippen LogP contribution in [0.15, 0.2) is 36.5 Å². The van der Waals surface area contributed by atoms with Gasteiger partial charge < -0.3 is 25.8 Å². The summed E-state index contributed by atoms with van der Waals surface area (Å²) in [5.41, 5.74) is 1.03. The Morgan fingerprint density at radius 1 is 1.14 bits per heavy atom. The average Bonchev–Trinajstić information content (AvgIpc) is 3.17. The quantitative estimate of drug-likeness (QED) is 0.337. The van der Waals surface area contributed by atoms with Crippen molar-refractivity contribution < 1.29 is 9.84 Å². The van der Waals surface area contributed by atoms with Crippen LogP contribution < -0.4 is 20.7 Å². The second-order valence-corrected chi connectivity index (χ2v) is 12.3. The Hall–Kier alpha value is -2.26. The van der Waals surface area contributed by atoms with Gasteiger partial charge in [0.25, 0.3) is 0 Å². The third-order valence-electron chi connectivity index (χ3n) is 6.13. The second kappa shape index (κ2) is 10.4. The maximum atomic E-state index is 10.1. The molecular weight excluding hydrogens is 458 g/mol. The van der Waals surface area contributed by atoms with E-state index in [0.717, 1.165) is 39.2 Å². The van der Waals surface area contributed by atoms with E-state index < -0.39 is 6.10 Å². The highest BCUT2D eigenvalue weighted by Gasteiger charge is 2.37. The minimum atomic E-state index is -0.546. The molecule has 0 saturated carbocycles. The molecule has 1 aromatic carbocycles. The lowest BCUT2D eigenvalue weighted by atomic mass is 9.80. The summed E-state index contributed by atoms with van der Waals surface area (Å²) in [6.45, 7) is 13.9. The van der Waals surface area contributed by atoms with Gasteiger partial charge in [0.1, 0.15) is 18.5 Å². The van der Waals surface area contributed by atoms with Crippen molar-refractivity contribution in [2.24, 2.45) is 0 Å². The van der Waals surface area contributed by atoms with E-state index in [-0.39, 0.29) is 17.7 Å². The first-order valence-electron chi connectivity index (χ1n) is 12.5. The van der Waals surface area contributed by atoms with E-state index in [0.29, 0.717) is 24.6 Å². The van der Waals surface area contributed by atoms with Gasteiger partial charge in [-0.05, 0) is 76.3 Å².